The van der Waals surface area contributed by atoms with Gasteiger partial charge in [-0.2, -0.15) is 0 Å². The smallest absolute Gasteiger partial charge is 0.0112 e. The predicted molar refractivity (Wildman–Crippen MR) is 64.3 cm³/mol. The van der Waals surface area contributed by atoms with E-state index in [1.165, 1.54) is 24.8 Å². The first-order chi connectivity index (χ1) is 6.06. The Kier molecular flexibility index (Phi) is 2.63. The SMILES string of the molecule is C=C(C)C1(C)CC(C)(C)CC(C)(C)C1. The van der Waals surface area contributed by atoms with Gasteiger partial charge in [0.2, 0.25) is 0 Å². The van der Waals surface area contributed by atoms with Gasteiger partial charge in [-0.3, -0.25) is 0 Å². The Hall–Kier alpha value is -0.260. The van der Waals surface area contributed by atoms with E-state index in [2.05, 4.69) is 48.1 Å². The van der Waals surface area contributed by atoms with Crippen molar-refractivity contribution in [2.75, 3.05) is 0 Å². The zero-order chi connectivity index (χ0) is 11.2. The normalized spacial score (nSPS) is 28.4. The van der Waals surface area contributed by atoms with Crippen LogP contribution in [0.3, 0.4) is 0 Å². The molecule has 0 saturated heterocycles. The molecule has 0 aromatic rings. The molecule has 0 spiro atoms. The van der Waals surface area contributed by atoms with Crippen molar-refractivity contribution >= 4 is 0 Å². The quantitative estimate of drug-likeness (QED) is 0.526. The lowest BCUT2D eigenvalue weighted by molar-refractivity contribution is 0.0305. The Morgan fingerprint density at radius 1 is 0.857 bits per heavy atom. The fourth-order valence-corrected chi connectivity index (χ4v) is 3.90. The van der Waals surface area contributed by atoms with Gasteiger partial charge < -0.3 is 0 Å². The molecule has 14 heavy (non-hydrogen) atoms. The van der Waals surface area contributed by atoms with Crippen LogP contribution in [-0.4, -0.2) is 0 Å². The Bertz CT molecular complexity index is 227. The fraction of sp³-hybridized carbons (Fsp3) is 0.857. The van der Waals surface area contributed by atoms with Gasteiger partial charge in [-0.25, -0.2) is 0 Å². The van der Waals surface area contributed by atoms with Gasteiger partial charge in [0.1, 0.15) is 0 Å². The summed E-state index contributed by atoms with van der Waals surface area (Å²) in [5.74, 6) is 0. The molecule has 0 aromatic carbocycles. The van der Waals surface area contributed by atoms with Crippen molar-refractivity contribution in [3.8, 4) is 0 Å². The molecular formula is C14H26. The molecule has 1 saturated carbocycles. The van der Waals surface area contributed by atoms with Gasteiger partial charge in [0.25, 0.3) is 0 Å². The lowest BCUT2D eigenvalue weighted by Gasteiger charge is -2.51. The van der Waals surface area contributed by atoms with Crippen molar-refractivity contribution < 1.29 is 0 Å². The summed E-state index contributed by atoms with van der Waals surface area (Å²) in [4.78, 5) is 0. The lowest BCUT2D eigenvalue weighted by atomic mass is 9.54. The molecule has 1 aliphatic rings. The molecule has 82 valence electrons. The molecule has 0 heteroatoms. The minimum Gasteiger partial charge on any atom is -0.0996 e. The van der Waals surface area contributed by atoms with Crippen molar-refractivity contribution in [3.63, 3.8) is 0 Å². The van der Waals surface area contributed by atoms with Gasteiger partial charge in [0.05, 0.1) is 0 Å². The fourth-order valence-electron chi connectivity index (χ4n) is 3.90. The third-order valence-corrected chi connectivity index (χ3v) is 3.72. The van der Waals surface area contributed by atoms with E-state index >= 15 is 0 Å². The number of allylic oxidation sites excluding steroid dienone is 1. The van der Waals surface area contributed by atoms with Crippen LogP contribution < -0.4 is 0 Å². The second-order valence-corrected chi connectivity index (χ2v) is 7.20. The summed E-state index contributed by atoms with van der Waals surface area (Å²) in [5, 5.41) is 0. The van der Waals surface area contributed by atoms with E-state index in [1.54, 1.807) is 0 Å². The van der Waals surface area contributed by atoms with Crippen molar-refractivity contribution in [3.05, 3.63) is 12.2 Å². The Morgan fingerprint density at radius 2 is 1.21 bits per heavy atom. The Balaban J connectivity index is 2.97. The number of hydrogen-bond acceptors (Lipinski definition) is 0. The maximum absolute atomic E-state index is 4.18. The Labute approximate surface area is 89.8 Å². The summed E-state index contributed by atoms with van der Waals surface area (Å²) < 4.78 is 0. The summed E-state index contributed by atoms with van der Waals surface area (Å²) in [7, 11) is 0. The standard InChI is InChI=1S/C14H26/c1-11(2)14(7)9-12(3,4)8-13(5,6)10-14/h1,8-10H2,2-7H3. The van der Waals surface area contributed by atoms with Crippen molar-refractivity contribution in [1.29, 1.82) is 0 Å². The molecule has 1 aliphatic carbocycles. The number of hydrogen-bond donors (Lipinski definition) is 0. The zero-order valence-electron chi connectivity index (χ0n) is 10.8. The first kappa shape index (κ1) is 11.8. The zero-order valence-corrected chi connectivity index (χ0v) is 10.8. The maximum atomic E-state index is 4.18. The average Bonchev–Trinajstić information content (AvgIpc) is 1.76. The second-order valence-electron chi connectivity index (χ2n) is 7.20. The predicted octanol–water partition coefficient (Wildman–Crippen LogP) is 4.81. The van der Waals surface area contributed by atoms with Gasteiger partial charge in [-0.15, -0.1) is 0 Å². The lowest BCUT2D eigenvalue weighted by Crippen LogP contribution is -2.40. The minimum absolute atomic E-state index is 0.352. The highest BCUT2D eigenvalue weighted by molar-refractivity contribution is 5.11. The molecule has 0 aliphatic heterocycles. The molecule has 0 radical (unpaired) electrons. The second kappa shape index (κ2) is 3.12. The van der Waals surface area contributed by atoms with Crippen LogP contribution in [0.25, 0.3) is 0 Å². The van der Waals surface area contributed by atoms with Crippen LogP contribution in [0.4, 0.5) is 0 Å². The third-order valence-electron chi connectivity index (χ3n) is 3.72. The van der Waals surface area contributed by atoms with E-state index < -0.39 is 0 Å². The molecule has 0 unspecified atom stereocenters. The van der Waals surface area contributed by atoms with Crippen LogP contribution in [-0.2, 0) is 0 Å². The topological polar surface area (TPSA) is 0 Å². The van der Waals surface area contributed by atoms with Crippen molar-refractivity contribution in [2.45, 2.75) is 60.8 Å². The number of rotatable bonds is 1. The van der Waals surface area contributed by atoms with E-state index in [-0.39, 0.29) is 0 Å². The largest absolute Gasteiger partial charge is 0.0996 e. The van der Waals surface area contributed by atoms with Crippen LogP contribution >= 0.6 is 0 Å². The molecule has 0 N–H and O–H groups in total. The van der Waals surface area contributed by atoms with Gasteiger partial charge >= 0.3 is 0 Å². The molecule has 0 atom stereocenters. The van der Waals surface area contributed by atoms with E-state index in [1.807, 2.05) is 0 Å². The first-order valence-electron chi connectivity index (χ1n) is 5.72. The van der Waals surface area contributed by atoms with Crippen LogP contribution in [0.15, 0.2) is 12.2 Å². The highest BCUT2D eigenvalue weighted by Gasteiger charge is 2.44. The van der Waals surface area contributed by atoms with E-state index in [0.717, 1.165) is 0 Å². The highest BCUT2D eigenvalue weighted by Crippen LogP contribution is 2.56. The molecular weight excluding hydrogens is 168 g/mol. The van der Waals surface area contributed by atoms with Gasteiger partial charge in [0.15, 0.2) is 0 Å². The van der Waals surface area contributed by atoms with Crippen LogP contribution in [0.5, 0.6) is 0 Å². The summed E-state index contributed by atoms with van der Waals surface area (Å²) >= 11 is 0. The molecule has 0 aromatic heterocycles. The van der Waals surface area contributed by atoms with Crippen LogP contribution in [0, 0.1) is 16.2 Å². The molecule has 1 rings (SSSR count). The average molecular weight is 194 g/mol. The molecule has 1 fully saturated rings. The van der Waals surface area contributed by atoms with Gasteiger partial charge in [0, 0.05) is 0 Å². The summed E-state index contributed by atoms with van der Waals surface area (Å²) in [5.41, 5.74) is 2.65. The van der Waals surface area contributed by atoms with Gasteiger partial charge in [-0.05, 0) is 42.4 Å². The van der Waals surface area contributed by atoms with Crippen LogP contribution in [0.1, 0.15) is 60.8 Å². The van der Waals surface area contributed by atoms with E-state index in [4.69, 9.17) is 0 Å². The Morgan fingerprint density at radius 3 is 1.50 bits per heavy atom. The highest BCUT2D eigenvalue weighted by atomic mass is 14.5. The van der Waals surface area contributed by atoms with Crippen molar-refractivity contribution in [1.82, 2.24) is 0 Å². The minimum atomic E-state index is 0.352. The van der Waals surface area contributed by atoms with Gasteiger partial charge in [-0.1, -0.05) is 46.8 Å². The maximum Gasteiger partial charge on any atom is -0.0112 e. The summed E-state index contributed by atoms with van der Waals surface area (Å²) in [6, 6.07) is 0. The molecule has 0 bridgehead atoms. The summed E-state index contributed by atoms with van der Waals surface area (Å²) in [6.07, 6.45) is 3.92. The van der Waals surface area contributed by atoms with E-state index in [9.17, 15) is 0 Å². The molecule has 0 amide bonds. The van der Waals surface area contributed by atoms with Crippen LogP contribution in [0.2, 0.25) is 0 Å². The monoisotopic (exact) mass is 194 g/mol. The summed E-state index contributed by atoms with van der Waals surface area (Å²) in [6.45, 7) is 18.4. The molecule has 0 heterocycles. The third kappa shape index (κ3) is 2.40. The van der Waals surface area contributed by atoms with E-state index in [0.29, 0.717) is 16.2 Å². The van der Waals surface area contributed by atoms with Crippen molar-refractivity contribution in [2.24, 2.45) is 16.2 Å². The first-order valence-corrected chi connectivity index (χ1v) is 5.72. The molecule has 0 nitrogen and oxygen atoms in total.